The minimum atomic E-state index is -0.361. The van der Waals surface area contributed by atoms with Crippen molar-refractivity contribution in [1.82, 2.24) is 5.32 Å². The molecule has 0 aliphatic rings. The maximum Gasteiger partial charge on any atom is 0.412 e. The Morgan fingerprint density at radius 1 is 1.20 bits per heavy atom. The number of nitrogens with one attached hydrogen (secondary N) is 1. The second-order valence-electron chi connectivity index (χ2n) is 5.23. The molecule has 1 amide bonds. The van der Waals surface area contributed by atoms with Crippen molar-refractivity contribution in [3.8, 4) is 5.75 Å². The molecule has 1 aromatic rings. The molecule has 0 unspecified atom stereocenters. The molecule has 0 atom stereocenters. The van der Waals surface area contributed by atoms with Crippen LogP contribution in [0.3, 0.4) is 0 Å². The van der Waals surface area contributed by atoms with E-state index in [1.807, 2.05) is 12.1 Å². The molecule has 20 heavy (non-hydrogen) atoms. The summed E-state index contributed by atoms with van der Waals surface area (Å²) < 4.78 is 5.34. The third-order valence-electron chi connectivity index (χ3n) is 3.10. The molecule has 0 saturated carbocycles. The summed E-state index contributed by atoms with van der Waals surface area (Å²) in [4.78, 5) is 13.0. The number of hydrogen-bond acceptors (Lipinski definition) is 2. The van der Waals surface area contributed by atoms with Gasteiger partial charge in [-0.05, 0) is 32.4 Å². The van der Waals surface area contributed by atoms with Crippen LogP contribution in [0.4, 0.5) is 4.79 Å². The molecule has 0 aromatic heterocycles. The van der Waals surface area contributed by atoms with Crippen LogP contribution in [0.25, 0.3) is 0 Å². The second-order valence-corrected chi connectivity index (χ2v) is 7.27. The topological polar surface area (TPSA) is 38.3 Å². The van der Waals surface area contributed by atoms with E-state index in [1.54, 1.807) is 0 Å². The van der Waals surface area contributed by atoms with Gasteiger partial charge < -0.3 is 10.1 Å². The average molecular weight is 296 g/mol. The zero-order valence-corrected chi connectivity index (χ0v) is 14.0. The number of aryl methyl sites for hydroxylation is 2. The molecule has 0 saturated heterocycles. The van der Waals surface area contributed by atoms with Crippen LogP contribution in [0.2, 0.25) is 0 Å². The van der Waals surface area contributed by atoms with Crippen molar-refractivity contribution in [3.05, 3.63) is 23.3 Å². The summed E-state index contributed by atoms with van der Waals surface area (Å²) in [5.74, 6) is 0.627. The maximum atomic E-state index is 11.7. The highest BCUT2D eigenvalue weighted by Crippen LogP contribution is 2.25. The molecule has 1 N–H and O–H groups in total. The molecule has 0 heterocycles. The van der Waals surface area contributed by atoms with Gasteiger partial charge in [-0.2, -0.15) is 0 Å². The van der Waals surface area contributed by atoms with Gasteiger partial charge in [0.05, 0.1) is 0 Å². The van der Waals surface area contributed by atoms with E-state index in [0.29, 0.717) is 12.3 Å². The van der Waals surface area contributed by atoms with Crippen molar-refractivity contribution in [3.63, 3.8) is 0 Å². The highest BCUT2D eigenvalue weighted by atomic mass is 32.2. The SMILES string of the molecule is CCCCCNC(=O)Oc1cc(C)c([S+](C)C)c(C)c1. The number of ether oxygens (including phenoxy) is 1. The van der Waals surface area contributed by atoms with Gasteiger partial charge in [0.25, 0.3) is 0 Å². The van der Waals surface area contributed by atoms with E-state index in [1.165, 1.54) is 16.0 Å². The van der Waals surface area contributed by atoms with Crippen molar-refractivity contribution in [2.24, 2.45) is 0 Å². The summed E-state index contributed by atoms with van der Waals surface area (Å²) in [7, 11) is 0.214. The number of amides is 1. The van der Waals surface area contributed by atoms with Crippen LogP contribution in [0, 0.1) is 13.8 Å². The molecule has 1 rings (SSSR count). The fourth-order valence-corrected chi connectivity index (χ4v) is 3.73. The maximum absolute atomic E-state index is 11.7. The van der Waals surface area contributed by atoms with E-state index >= 15 is 0 Å². The molecular weight excluding hydrogens is 270 g/mol. The Kier molecular flexibility index (Phi) is 6.93. The molecule has 3 nitrogen and oxygen atoms in total. The van der Waals surface area contributed by atoms with Gasteiger partial charge in [0.2, 0.25) is 0 Å². The minimum absolute atomic E-state index is 0.214. The molecule has 4 heteroatoms. The Hall–Kier alpha value is -1.16. The van der Waals surface area contributed by atoms with Crippen molar-refractivity contribution >= 4 is 17.0 Å². The molecule has 0 fully saturated rings. The van der Waals surface area contributed by atoms with Gasteiger partial charge in [-0.25, -0.2) is 4.79 Å². The van der Waals surface area contributed by atoms with E-state index in [4.69, 9.17) is 4.74 Å². The first-order valence-corrected chi connectivity index (χ1v) is 9.14. The summed E-state index contributed by atoms with van der Waals surface area (Å²) >= 11 is 0. The number of rotatable bonds is 6. The number of hydrogen-bond donors (Lipinski definition) is 1. The zero-order valence-electron chi connectivity index (χ0n) is 13.2. The lowest BCUT2D eigenvalue weighted by Crippen LogP contribution is -2.27. The van der Waals surface area contributed by atoms with Gasteiger partial charge >= 0.3 is 6.09 Å². The number of benzene rings is 1. The van der Waals surface area contributed by atoms with Gasteiger partial charge in [-0.15, -0.1) is 0 Å². The lowest BCUT2D eigenvalue weighted by atomic mass is 10.1. The second kappa shape index (κ2) is 8.20. The highest BCUT2D eigenvalue weighted by Gasteiger charge is 2.17. The van der Waals surface area contributed by atoms with Crippen molar-refractivity contribution in [2.75, 3.05) is 19.1 Å². The van der Waals surface area contributed by atoms with E-state index in [2.05, 4.69) is 38.6 Å². The summed E-state index contributed by atoms with van der Waals surface area (Å²) in [6, 6.07) is 3.89. The van der Waals surface area contributed by atoms with Gasteiger partial charge in [-0.3, -0.25) is 0 Å². The molecule has 0 radical (unpaired) electrons. The van der Waals surface area contributed by atoms with Crippen LogP contribution in [0.5, 0.6) is 5.75 Å². The van der Waals surface area contributed by atoms with Gasteiger partial charge in [0.15, 0.2) is 4.90 Å². The third kappa shape index (κ3) is 5.08. The largest absolute Gasteiger partial charge is 0.412 e. The quantitative estimate of drug-likeness (QED) is 0.640. The number of carbonyl (C=O) groups excluding carboxylic acids is 1. The van der Waals surface area contributed by atoms with Crippen LogP contribution >= 0.6 is 0 Å². The minimum Gasteiger partial charge on any atom is -0.410 e. The zero-order chi connectivity index (χ0) is 15.1. The van der Waals surface area contributed by atoms with E-state index < -0.39 is 0 Å². The van der Waals surface area contributed by atoms with Gasteiger partial charge in [0, 0.05) is 28.6 Å². The molecule has 0 aliphatic heterocycles. The molecule has 0 bridgehead atoms. The summed E-state index contributed by atoms with van der Waals surface area (Å²) in [6.45, 7) is 6.96. The van der Waals surface area contributed by atoms with E-state index in [9.17, 15) is 4.79 Å². The lowest BCUT2D eigenvalue weighted by Gasteiger charge is -2.10. The molecular formula is C16H26NO2S+. The number of carbonyl (C=O) groups is 1. The first-order chi connectivity index (χ1) is 9.45. The first kappa shape index (κ1) is 16.9. The van der Waals surface area contributed by atoms with E-state index in [-0.39, 0.29) is 17.0 Å². The Morgan fingerprint density at radius 2 is 1.80 bits per heavy atom. The third-order valence-corrected chi connectivity index (χ3v) is 4.56. The predicted molar refractivity (Wildman–Crippen MR) is 86.9 cm³/mol. The smallest absolute Gasteiger partial charge is 0.410 e. The van der Waals surface area contributed by atoms with Crippen LogP contribution in [0.1, 0.15) is 37.3 Å². The highest BCUT2D eigenvalue weighted by molar-refractivity contribution is 7.95. The fraction of sp³-hybridized carbons (Fsp3) is 0.562. The first-order valence-electron chi connectivity index (χ1n) is 7.10. The molecule has 0 spiro atoms. The fourth-order valence-electron chi connectivity index (χ4n) is 2.32. The van der Waals surface area contributed by atoms with Gasteiger partial charge in [0.1, 0.15) is 18.3 Å². The normalized spacial score (nSPS) is 10.7. The van der Waals surface area contributed by atoms with Crippen LogP contribution in [-0.2, 0) is 10.9 Å². The monoisotopic (exact) mass is 296 g/mol. The Balaban J connectivity index is 2.62. The lowest BCUT2D eigenvalue weighted by molar-refractivity contribution is 0.200. The van der Waals surface area contributed by atoms with Crippen LogP contribution < -0.4 is 10.1 Å². The van der Waals surface area contributed by atoms with Crippen molar-refractivity contribution in [2.45, 2.75) is 44.9 Å². The van der Waals surface area contributed by atoms with Crippen LogP contribution in [-0.4, -0.2) is 25.1 Å². The average Bonchev–Trinajstić information content (AvgIpc) is 2.33. The standard InChI is InChI=1S/C16H25NO2S/c1-6-7-8-9-17-16(18)19-14-10-12(2)15(20(4)5)13(3)11-14/h10-11H,6-9H2,1-5H3/p+1. The number of unbranched alkanes of at least 4 members (excludes halogenated alkanes) is 2. The summed E-state index contributed by atoms with van der Waals surface area (Å²) in [5, 5.41) is 2.78. The molecule has 1 aromatic carbocycles. The Labute approximate surface area is 125 Å². The summed E-state index contributed by atoms with van der Waals surface area (Å²) in [5.41, 5.74) is 2.37. The van der Waals surface area contributed by atoms with Crippen molar-refractivity contribution in [1.29, 1.82) is 0 Å². The van der Waals surface area contributed by atoms with Gasteiger partial charge in [-0.1, -0.05) is 19.8 Å². The molecule has 0 aliphatic carbocycles. The van der Waals surface area contributed by atoms with Crippen molar-refractivity contribution < 1.29 is 9.53 Å². The van der Waals surface area contributed by atoms with Crippen LogP contribution in [0.15, 0.2) is 17.0 Å². The Bertz CT molecular complexity index is 435. The predicted octanol–water partition coefficient (Wildman–Crippen LogP) is 3.82. The van der Waals surface area contributed by atoms with E-state index in [0.717, 1.165) is 19.3 Å². The molecule has 112 valence electrons. The Morgan fingerprint density at radius 3 is 2.30 bits per heavy atom. The summed E-state index contributed by atoms with van der Waals surface area (Å²) in [6.07, 6.45) is 7.32.